The van der Waals surface area contributed by atoms with E-state index in [1.54, 1.807) is 0 Å². The van der Waals surface area contributed by atoms with Gasteiger partial charge >= 0.3 is 5.97 Å². The molecule has 0 amide bonds. The summed E-state index contributed by atoms with van der Waals surface area (Å²) in [6.07, 6.45) is 3.01. The highest BCUT2D eigenvalue weighted by molar-refractivity contribution is 5.74. The molecule has 1 aromatic carbocycles. The molecule has 1 fully saturated rings. The van der Waals surface area contributed by atoms with E-state index in [9.17, 15) is 9.18 Å². The highest BCUT2D eigenvalue weighted by Gasteiger charge is 2.26. The van der Waals surface area contributed by atoms with Crippen LogP contribution in [0, 0.1) is 5.82 Å². The topological polar surface area (TPSA) is 46.5 Å². The standard InChI is InChI=1S/C13H15FO3/c14-10-7-5-9(6-8-10)12(13(15)16)17-11-3-1-2-4-11/h5-8,11-12H,1-4H2,(H,15,16). The molecule has 1 N–H and O–H groups in total. The molecule has 0 spiro atoms. The first-order valence-electron chi connectivity index (χ1n) is 5.80. The Morgan fingerprint density at radius 2 is 1.88 bits per heavy atom. The molecule has 0 aliphatic heterocycles. The fraction of sp³-hybridized carbons (Fsp3) is 0.462. The van der Waals surface area contributed by atoms with Gasteiger partial charge in [0.1, 0.15) is 5.82 Å². The molecule has 1 aliphatic carbocycles. The molecule has 17 heavy (non-hydrogen) atoms. The lowest BCUT2D eigenvalue weighted by Gasteiger charge is -2.18. The number of carboxylic acid groups (broad SMARTS) is 1. The van der Waals surface area contributed by atoms with Gasteiger partial charge in [-0.25, -0.2) is 9.18 Å². The lowest BCUT2D eigenvalue weighted by molar-refractivity contribution is -0.154. The molecule has 3 nitrogen and oxygen atoms in total. The van der Waals surface area contributed by atoms with Gasteiger partial charge in [0.05, 0.1) is 6.10 Å². The van der Waals surface area contributed by atoms with E-state index in [1.165, 1.54) is 24.3 Å². The number of halogens is 1. The third-order valence-electron chi connectivity index (χ3n) is 3.03. The van der Waals surface area contributed by atoms with Crippen LogP contribution >= 0.6 is 0 Å². The van der Waals surface area contributed by atoms with Crippen molar-refractivity contribution < 1.29 is 19.0 Å². The maximum absolute atomic E-state index is 12.8. The van der Waals surface area contributed by atoms with Crippen LogP contribution in [0.4, 0.5) is 4.39 Å². The van der Waals surface area contributed by atoms with Crippen molar-refractivity contribution in [2.75, 3.05) is 0 Å². The van der Waals surface area contributed by atoms with Crippen LogP contribution in [0.15, 0.2) is 24.3 Å². The van der Waals surface area contributed by atoms with E-state index >= 15 is 0 Å². The van der Waals surface area contributed by atoms with Crippen molar-refractivity contribution in [3.63, 3.8) is 0 Å². The molecule has 0 bridgehead atoms. The fourth-order valence-corrected chi connectivity index (χ4v) is 2.13. The maximum atomic E-state index is 12.8. The van der Waals surface area contributed by atoms with Gasteiger partial charge in [0.15, 0.2) is 6.10 Å². The molecule has 1 aliphatic rings. The Bertz CT molecular complexity index is 382. The van der Waals surface area contributed by atoms with E-state index in [2.05, 4.69) is 0 Å². The highest BCUT2D eigenvalue weighted by atomic mass is 19.1. The lowest BCUT2D eigenvalue weighted by Crippen LogP contribution is -2.20. The number of aliphatic carboxylic acids is 1. The summed E-state index contributed by atoms with van der Waals surface area (Å²) in [4.78, 5) is 11.2. The molecular formula is C13H15FO3. The smallest absolute Gasteiger partial charge is 0.337 e. The predicted octanol–water partition coefficient (Wildman–Crippen LogP) is 2.91. The van der Waals surface area contributed by atoms with Crippen LogP contribution in [0.5, 0.6) is 0 Å². The average molecular weight is 238 g/mol. The first-order valence-corrected chi connectivity index (χ1v) is 5.80. The first kappa shape index (κ1) is 12.0. The van der Waals surface area contributed by atoms with Gasteiger partial charge in [0, 0.05) is 0 Å². The zero-order valence-corrected chi connectivity index (χ0v) is 9.43. The molecular weight excluding hydrogens is 223 g/mol. The van der Waals surface area contributed by atoms with E-state index in [0.29, 0.717) is 5.56 Å². The number of benzene rings is 1. The summed E-state index contributed by atoms with van der Waals surface area (Å²) in [7, 11) is 0. The predicted molar refractivity (Wildman–Crippen MR) is 60.1 cm³/mol. The zero-order valence-electron chi connectivity index (χ0n) is 9.43. The van der Waals surface area contributed by atoms with Crippen molar-refractivity contribution >= 4 is 5.97 Å². The second-order valence-electron chi connectivity index (χ2n) is 4.31. The number of hydrogen-bond donors (Lipinski definition) is 1. The molecule has 4 heteroatoms. The molecule has 0 radical (unpaired) electrons. The summed E-state index contributed by atoms with van der Waals surface area (Å²) >= 11 is 0. The van der Waals surface area contributed by atoms with Crippen molar-refractivity contribution in [3.8, 4) is 0 Å². The van der Waals surface area contributed by atoms with Gasteiger partial charge in [-0.05, 0) is 30.5 Å². The zero-order chi connectivity index (χ0) is 12.3. The summed E-state index contributed by atoms with van der Waals surface area (Å²) in [6.45, 7) is 0. The molecule has 1 unspecified atom stereocenters. The second kappa shape index (κ2) is 5.27. The Balaban J connectivity index is 2.10. The molecule has 1 aromatic rings. The minimum absolute atomic E-state index is 0.0150. The first-order chi connectivity index (χ1) is 8.16. The summed E-state index contributed by atoms with van der Waals surface area (Å²) in [5.74, 6) is -1.40. The monoisotopic (exact) mass is 238 g/mol. The van der Waals surface area contributed by atoms with Gasteiger partial charge in [-0.1, -0.05) is 25.0 Å². The summed E-state index contributed by atoms with van der Waals surface area (Å²) in [5, 5.41) is 9.14. The van der Waals surface area contributed by atoms with Gasteiger partial charge in [-0.15, -0.1) is 0 Å². The van der Waals surface area contributed by atoms with Gasteiger partial charge in [0.25, 0.3) is 0 Å². The van der Waals surface area contributed by atoms with Gasteiger partial charge in [-0.3, -0.25) is 0 Å². The number of carboxylic acids is 1. The largest absolute Gasteiger partial charge is 0.479 e. The van der Waals surface area contributed by atoms with Crippen LogP contribution in [0.1, 0.15) is 37.4 Å². The van der Waals surface area contributed by atoms with Crippen molar-refractivity contribution in [3.05, 3.63) is 35.6 Å². The molecule has 1 saturated carbocycles. The van der Waals surface area contributed by atoms with Crippen molar-refractivity contribution in [1.82, 2.24) is 0 Å². The van der Waals surface area contributed by atoms with E-state index in [-0.39, 0.29) is 11.9 Å². The quantitative estimate of drug-likeness (QED) is 0.877. The van der Waals surface area contributed by atoms with Crippen molar-refractivity contribution in [2.24, 2.45) is 0 Å². The number of rotatable bonds is 4. The second-order valence-corrected chi connectivity index (χ2v) is 4.31. The van der Waals surface area contributed by atoms with Crippen LogP contribution < -0.4 is 0 Å². The van der Waals surface area contributed by atoms with Gasteiger partial charge in [0.2, 0.25) is 0 Å². The average Bonchev–Trinajstić information content (AvgIpc) is 2.80. The summed E-state index contributed by atoms with van der Waals surface area (Å²) in [5.41, 5.74) is 0.491. The Labute approximate surface area is 99.2 Å². The Morgan fingerprint density at radius 3 is 2.41 bits per heavy atom. The van der Waals surface area contributed by atoms with Gasteiger partial charge in [-0.2, -0.15) is 0 Å². The van der Waals surface area contributed by atoms with Crippen molar-refractivity contribution in [2.45, 2.75) is 37.9 Å². The van der Waals surface area contributed by atoms with Crippen LogP contribution in [0.3, 0.4) is 0 Å². The minimum Gasteiger partial charge on any atom is -0.479 e. The minimum atomic E-state index is -1.02. The van der Waals surface area contributed by atoms with Crippen LogP contribution in [-0.4, -0.2) is 17.2 Å². The maximum Gasteiger partial charge on any atom is 0.337 e. The van der Waals surface area contributed by atoms with Crippen LogP contribution in [0.25, 0.3) is 0 Å². The highest BCUT2D eigenvalue weighted by Crippen LogP contribution is 2.28. The Hall–Kier alpha value is -1.42. The number of ether oxygens (including phenoxy) is 1. The molecule has 0 heterocycles. The van der Waals surface area contributed by atoms with E-state index in [1.807, 2.05) is 0 Å². The summed E-state index contributed by atoms with van der Waals surface area (Å²) in [6, 6.07) is 5.43. The molecule has 92 valence electrons. The summed E-state index contributed by atoms with van der Waals surface area (Å²) < 4.78 is 18.3. The molecule has 2 rings (SSSR count). The van der Waals surface area contributed by atoms with Crippen molar-refractivity contribution in [1.29, 1.82) is 0 Å². The van der Waals surface area contributed by atoms with E-state index < -0.39 is 12.1 Å². The molecule has 1 atom stereocenters. The third-order valence-corrected chi connectivity index (χ3v) is 3.03. The third kappa shape index (κ3) is 3.03. The van der Waals surface area contributed by atoms with Gasteiger partial charge < -0.3 is 9.84 Å². The normalized spacial score (nSPS) is 18.2. The fourth-order valence-electron chi connectivity index (χ4n) is 2.13. The molecule has 0 saturated heterocycles. The Kier molecular flexibility index (Phi) is 3.74. The number of hydrogen-bond acceptors (Lipinski definition) is 2. The van der Waals surface area contributed by atoms with Crippen LogP contribution in [0.2, 0.25) is 0 Å². The van der Waals surface area contributed by atoms with E-state index in [0.717, 1.165) is 25.7 Å². The van der Waals surface area contributed by atoms with Crippen LogP contribution in [-0.2, 0) is 9.53 Å². The Morgan fingerprint density at radius 1 is 1.29 bits per heavy atom. The molecule has 0 aromatic heterocycles. The SMILES string of the molecule is O=C(O)C(OC1CCCC1)c1ccc(F)cc1. The number of carbonyl (C=O) groups is 1. The van der Waals surface area contributed by atoms with E-state index in [4.69, 9.17) is 9.84 Å². The lowest BCUT2D eigenvalue weighted by atomic mass is 10.1.